The van der Waals surface area contributed by atoms with E-state index < -0.39 is 0 Å². The van der Waals surface area contributed by atoms with E-state index in [1.165, 1.54) is 56.1 Å². The van der Waals surface area contributed by atoms with E-state index in [4.69, 9.17) is 9.47 Å². The first kappa shape index (κ1) is 17.5. The molecule has 2 atom stereocenters. The molecule has 0 aromatic heterocycles. The van der Waals surface area contributed by atoms with Crippen LogP contribution in [0.2, 0.25) is 0 Å². The fraction of sp³-hybridized carbons (Fsp3) is 0.700. The predicted molar refractivity (Wildman–Crippen MR) is 92.2 cm³/mol. The van der Waals surface area contributed by atoms with E-state index in [9.17, 15) is 0 Å². The summed E-state index contributed by atoms with van der Waals surface area (Å²) < 4.78 is 12.0. The van der Waals surface area contributed by atoms with Gasteiger partial charge in [0.2, 0.25) is 0 Å². The molecule has 1 aliphatic heterocycles. The lowest BCUT2D eigenvalue weighted by molar-refractivity contribution is -0.137. The van der Waals surface area contributed by atoms with Gasteiger partial charge < -0.3 is 9.47 Å². The van der Waals surface area contributed by atoms with Crippen molar-refractivity contribution in [3.05, 3.63) is 35.4 Å². The highest BCUT2D eigenvalue weighted by Crippen LogP contribution is 2.25. The summed E-state index contributed by atoms with van der Waals surface area (Å²) in [6, 6.07) is 8.93. The van der Waals surface area contributed by atoms with Crippen LogP contribution in [0.25, 0.3) is 0 Å². The molecule has 1 saturated heterocycles. The Morgan fingerprint density at radius 2 is 1.59 bits per heavy atom. The van der Waals surface area contributed by atoms with Gasteiger partial charge >= 0.3 is 0 Å². The Morgan fingerprint density at radius 3 is 2.23 bits per heavy atom. The Hall–Kier alpha value is -0.860. The minimum atomic E-state index is 0.118. The second-order valence-corrected chi connectivity index (χ2v) is 6.47. The van der Waals surface area contributed by atoms with E-state index in [0.717, 1.165) is 13.0 Å². The number of hydrogen-bond acceptors (Lipinski definition) is 2. The third-order valence-electron chi connectivity index (χ3n) is 4.52. The molecule has 0 saturated carbocycles. The van der Waals surface area contributed by atoms with E-state index in [2.05, 4.69) is 38.1 Å². The standard InChI is InChI=1S/C20H32O2/c1-3-5-7-9-17-11-13-18(14-12-17)20-16-21-19(15-22-20)10-8-6-4-2/h11-14,19-20H,3-10,15-16H2,1-2H3/t19-,20-/m1/s1. The summed E-state index contributed by atoms with van der Waals surface area (Å²) in [7, 11) is 0. The molecule has 0 radical (unpaired) electrons. The number of hydrogen-bond donors (Lipinski definition) is 0. The van der Waals surface area contributed by atoms with Crippen LogP contribution in [0.5, 0.6) is 0 Å². The molecule has 2 nitrogen and oxygen atoms in total. The lowest BCUT2D eigenvalue weighted by Gasteiger charge is -2.30. The van der Waals surface area contributed by atoms with Crippen LogP contribution in [-0.2, 0) is 15.9 Å². The van der Waals surface area contributed by atoms with Crippen molar-refractivity contribution in [3.8, 4) is 0 Å². The summed E-state index contributed by atoms with van der Waals surface area (Å²) in [5.41, 5.74) is 2.69. The van der Waals surface area contributed by atoms with Gasteiger partial charge in [-0.1, -0.05) is 70.2 Å². The van der Waals surface area contributed by atoms with Gasteiger partial charge in [-0.2, -0.15) is 0 Å². The van der Waals surface area contributed by atoms with Gasteiger partial charge in [-0.05, 0) is 30.4 Å². The quantitative estimate of drug-likeness (QED) is 0.564. The molecule has 0 bridgehead atoms. The summed E-state index contributed by atoms with van der Waals surface area (Å²) in [4.78, 5) is 0. The highest BCUT2D eigenvalue weighted by atomic mass is 16.6. The second kappa shape index (κ2) is 10.0. The van der Waals surface area contributed by atoms with Crippen LogP contribution in [0.4, 0.5) is 0 Å². The van der Waals surface area contributed by atoms with Crippen LogP contribution in [0.3, 0.4) is 0 Å². The van der Waals surface area contributed by atoms with Crippen LogP contribution in [-0.4, -0.2) is 19.3 Å². The third-order valence-corrected chi connectivity index (χ3v) is 4.52. The lowest BCUT2D eigenvalue weighted by Crippen LogP contribution is -2.31. The molecular weight excluding hydrogens is 272 g/mol. The minimum absolute atomic E-state index is 0.118. The predicted octanol–water partition coefficient (Wildman–Crippen LogP) is 5.46. The van der Waals surface area contributed by atoms with Crippen LogP contribution in [0.15, 0.2) is 24.3 Å². The topological polar surface area (TPSA) is 18.5 Å². The molecule has 2 heteroatoms. The second-order valence-electron chi connectivity index (χ2n) is 6.47. The van der Waals surface area contributed by atoms with E-state index in [0.29, 0.717) is 12.7 Å². The average molecular weight is 304 g/mol. The summed E-state index contributed by atoms with van der Waals surface area (Å²) in [6.45, 7) is 5.93. The molecule has 0 spiro atoms. The molecule has 0 unspecified atom stereocenters. The van der Waals surface area contributed by atoms with Gasteiger partial charge in [-0.15, -0.1) is 0 Å². The largest absolute Gasteiger partial charge is 0.373 e. The van der Waals surface area contributed by atoms with Crippen LogP contribution >= 0.6 is 0 Å². The Balaban J connectivity index is 1.74. The summed E-state index contributed by atoms with van der Waals surface area (Å²) >= 11 is 0. The molecule has 2 rings (SSSR count). The maximum absolute atomic E-state index is 6.02. The van der Waals surface area contributed by atoms with Gasteiger partial charge in [-0.25, -0.2) is 0 Å². The van der Waals surface area contributed by atoms with Crippen molar-refractivity contribution in [3.63, 3.8) is 0 Å². The van der Waals surface area contributed by atoms with Crippen LogP contribution in [0.1, 0.15) is 76.0 Å². The number of rotatable bonds is 9. The number of benzene rings is 1. The summed E-state index contributed by atoms with van der Waals surface area (Å²) in [6.07, 6.45) is 10.4. The monoisotopic (exact) mass is 304 g/mol. The molecular formula is C20H32O2. The van der Waals surface area contributed by atoms with Crippen molar-refractivity contribution in [2.45, 2.75) is 77.4 Å². The molecule has 0 aliphatic carbocycles. The van der Waals surface area contributed by atoms with Crippen molar-refractivity contribution < 1.29 is 9.47 Å². The first-order chi connectivity index (χ1) is 10.8. The maximum Gasteiger partial charge on any atom is 0.106 e. The van der Waals surface area contributed by atoms with Crippen molar-refractivity contribution >= 4 is 0 Å². The highest BCUT2D eigenvalue weighted by Gasteiger charge is 2.23. The maximum atomic E-state index is 6.02. The molecule has 1 fully saturated rings. The first-order valence-corrected chi connectivity index (χ1v) is 9.15. The fourth-order valence-corrected chi connectivity index (χ4v) is 3.00. The van der Waals surface area contributed by atoms with Gasteiger partial charge in [0.05, 0.1) is 19.3 Å². The van der Waals surface area contributed by atoms with E-state index in [-0.39, 0.29) is 6.10 Å². The molecule has 0 amide bonds. The van der Waals surface area contributed by atoms with Crippen molar-refractivity contribution in [1.82, 2.24) is 0 Å². The van der Waals surface area contributed by atoms with Gasteiger partial charge in [0.25, 0.3) is 0 Å². The Kier molecular flexibility index (Phi) is 7.96. The highest BCUT2D eigenvalue weighted by molar-refractivity contribution is 5.24. The molecule has 0 N–H and O–H groups in total. The SMILES string of the molecule is CCCCCc1ccc([C@H]2CO[C@H](CCCCC)CO2)cc1. The third kappa shape index (κ3) is 5.73. The molecule has 124 valence electrons. The number of aryl methyl sites for hydroxylation is 1. The molecule has 1 aromatic rings. The van der Waals surface area contributed by atoms with E-state index >= 15 is 0 Å². The van der Waals surface area contributed by atoms with Crippen molar-refractivity contribution in [1.29, 1.82) is 0 Å². The van der Waals surface area contributed by atoms with Gasteiger partial charge in [0, 0.05) is 0 Å². The number of ether oxygens (including phenoxy) is 2. The fourth-order valence-electron chi connectivity index (χ4n) is 3.00. The molecule has 1 aliphatic rings. The Bertz CT molecular complexity index is 391. The normalized spacial score (nSPS) is 21.9. The molecule has 1 heterocycles. The van der Waals surface area contributed by atoms with E-state index in [1.54, 1.807) is 0 Å². The van der Waals surface area contributed by atoms with Gasteiger partial charge in [-0.3, -0.25) is 0 Å². The zero-order valence-corrected chi connectivity index (χ0v) is 14.4. The smallest absolute Gasteiger partial charge is 0.106 e. The Labute approximate surface area is 136 Å². The van der Waals surface area contributed by atoms with Crippen LogP contribution < -0.4 is 0 Å². The molecule has 1 aromatic carbocycles. The first-order valence-electron chi connectivity index (χ1n) is 9.15. The zero-order chi connectivity index (χ0) is 15.6. The van der Waals surface area contributed by atoms with Gasteiger partial charge in [0.15, 0.2) is 0 Å². The minimum Gasteiger partial charge on any atom is -0.373 e. The van der Waals surface area contributed by atoms with Crippen molar-refractivity contribution in [2.24, 2.45) is 0 Å². The van der Waals surface area contributed by atoms with E-state index in [1.807, 2.05) is 0 Å². The zero-order valence-electron chi connectivity index (χ0n) is 14.4. The Morgan fingerprint density at radius 1 is 0.864 bits per heavy atom. The lowest BCUT2D eigenvalue weighted by atomic mass is 10.0. The summed E-state index contributed by atoms with van der Waals surface area (Å²) in [5, 5.41) is 0. The number of unbranched alkanes of at least 4 members (excludes halogenated alkanes) is 4. The molecule has 22 heavy (non-hydrogen) atoms. The van der Waals surface area contributed by atoms with Crippen LogP contribution in [0, 0.1) is 0 Å². The summed E-state index contributed by atoms with van der Waals surface area (Å²) in [5.74, 6) is 0. The van der Waals surface area contributed by atoms with Gasteiger partial charge in [0.1, 0.15) is 6.10 Å². The average Bonchev–Trinajstić information content (AvgIpc) is 2.57. The van der Waals surface area contributed by atoms with Crippen molar-refractivity contribution in [2.75, 3.05) is 13.2 Å².